The summed E-state index contributed by atoms with van der Waals surface area (Å²) < 4.78 is 23.1. The highest BCUT2D eigenvalue weighted by Crippen LogP contribution is 2.48. The van der Waals surface area contributed by atoms with Crippen molar-refractivity contribution in [2.24, 2.45) is 0 Å². The lowest BCUT2D eigenvalue weighted by molar-refractivity contribution is -0.170. The van der Waals surface area contributed by atoms with E-state index < -0.39 is 13.9 Å². The van der Waals surface area contributed by atoms with Crippen molar-refractivity contribution in [3.63, 3.8) is 0 Å². The van der Waals surface area contributed by atoms with Crippen molar-refractivity contribution in [2.45, 2.75) is 0 Å². The summed E-state index contributed by atoms with van der Waals surface area (Å²) in [5, 5.41) is 2.64. The molecule has 0 fully saturated rings. The Morgan fingerprint density at radius 3 is 1.71 bits per heavy atom. The van der Waals surface area contributed by atoms with Crippen LogP contribution in [0, 0.1) is 0 Å². The van der Waals surface area contributed by atoms with Crippen LogP contribution in [-0.2, 0) is 13.9 Å². The molecule has 3 rings (SSSR count). The molecule has 0 spiro atoms. The largest absolute Gasteiger partial charge is 0.423 e. The topological polar surface area (TPSA) is 157 Å². The zero-order valence-corrected chi connectivity index (χ0v) is 15.4. The van der Waals surface area contributed by atoms with E-state index >= 15 is 0 Å². The molecule has 0 radical (unpaired) electrons. The maximum atomic E-state index is 13.0. The lowest BCUT2D eigenvalue weighted by atomic mass is 10.3. The Hall–Kier alpha value is -3.40. The predicted octanol–water partition coefficient (Wildman–Crippen LogP) is 2.62. The smallest absolute Gasteiger partial charge is 0.368 e. The Balaban J connectivity index is 1.69. The van der Waals surface area contributed by atoms with Crippen LogP contribution in [0.5, 0.6) is 11.5 Å². The Morgan fingerprint density at radius 2 is 1.25 bits per heavy atom. The number of nitrogens with two attached hydrogens (primary N) is 2. The van der Waals surface area contributed by atoms with E-state index in [9.17, 15) is 4.57 Å². The van der Waals surface area contributed by atoms with Crippen LogP contribution < -0.4 is 26.6 Å². The Kier molecular flexibility index (Phi) is 6.22. The van der Waals surface area contributed by atoms with Gasteiger partial charge in [-0.2, -0.15) is 15.0 Å². The van der Waals surface area contributed by atoms with E-state index in [1.54, 1.807) is 60.7 Å². The van der Waals surface area contributed by atoms with Gasteiger partial charge in [-0.3, -0.25) is 4.57 Å². The summed E-state index contributed by atoms with van der Waals surface area (Å²) in [6.07, 6.45) is -0.407. The van der Waals surface area contributed by atoms with Crippen LogP contribution >= 0.6 is 7.60 Å². The van der Waals surface area contributed by atoms with Gasteiger partial charge < -0.3 is 26.6 Å². The lowest BCUT2D eigenvalue weighted by Crippen LogP contribution is -2.14. The van der Waals surface area contributed by atoms with Crippen LogP contribution in [0.2, 0.25) is 0 Å². The minimum Gasteiger partial charge on any atom is -0.368 e. The normalized spacial score (nSPS) is 11.0. The highest BCUT2D eigenvalue weighted by Gasteiger charge is 2.30. The van der Waals surface area contributed by atoms with Crippen LogP contribution in [0.3, 0.4) is 0 Å². The zero-order chi connectivity index (χ0) is 19.8. The summed E-state index contributed by atoms with van der Waals surface area (Å²) in [5.41, 5.74) is 11.0. The van der Waals surface area contributed by atoms with Gasteiger partial charge in [0, 0.05) is 0 Å². The highest BCUT2D eigenvalue weighted by molar-refractivity contribution is 7.53. The molecular weight excluding hydrogens is 387 g/mol. The van der Waals surface area contributed by atoms with Gasteiger partial charge in [-0.1, -0.05) is 45.7 Å². The number of benzene rings is 2. The van der Waals surface area contributed by atoms with Gasteiger partial charge in [0.25, 0.3) is 0 Å². The van der Waals surface area contributed by atoms with Crippen LogP contribution in [0.15, 0.2) is 60.7 Å². The number of aromatic nitrogens is 3. The fourth-order valence-electron chi connectivity index (χ4n) is 1.87. The highest BCUT2D eigenvalue weighted by atomic mass is 31.2. The number of para-hydroxylation sites is 2. The standard InChI is InChI=1S/C16H17N6O5P/c17-14-20-15(18)22-16(21-14)19-11-28(23,26-24-12-7-3-1-4-8-12)27-25-13-9-5-2-6-10-13/h1-10H,11H2,(H5,17,18,19,20,21,22). The number of rotatable bonds is 9. The first-order valence-corrected chi connectivity index (χ1v) is 9.68. The summed E-state index contributed by atoms with van der Waals surface area (Å²) in [7, 11) is -3.98. The predicted molar refractivity (Wildman–Crippen MR) is 101 cm³/mol. The molecule has 1 aromatic heterocycles. The van der Waals surface area contributed by atoms with Gasteiger partial charge >= 0.3 is 7.60 Å². The number of anilines is 3. The van der Waals surface area contributed by atoms with Crippen molar-refractivity contribution in [1.82, 2.24) is 15.0 Å². The quantitative estimate of drug-likeness (QED) is 0.273. The summed E-state index contributed by atoms with van der Waals surface area (Å²) in [4.78, 5) is 21.5. The van der Waals surface area contributed by atoms with E-state index in [0.717, 1.165) is 0 Å². The molecule has 0 aliphatic rings. The van der Waals surface area contributed by atoms with Gasteiger partial charge in [-0.05, 0) is 24.3 Å². The first-order valence-electron chi connectivity index (χ1n) is 7.95. The molecule has 3 aromatic rings. The number of nitrogens with zero attached hydrogens (tertiary/aromatic N) is 3. The Morgan fingerprint density at radius 1 is 0.786 bits per heavy atom. The molecule has 28 heavy (non-hydrogen) atoms. The number of hydrogen-bond acceptors (Lipinski definition) is 11. The van der Waals surface area contributed by atoms with Crippen molar-refractivity contribution in [3.05, 3.63) is 60.7 Å². The van der Waals surface area contributed by atoms with Gasteiger partial charge in [0.05, 0.1) is 0 Å². The number of hydrogen-bond donors (Lipinski definition) is 3. The van der Waals surface area contributed by atoms with Crippen LogP contribution in [0.25, 0.3) is 0 Å². The molecule has 0 atom stereocenters. The summed E-state index contributed by atoms with van der Waals surface area (Å²) in [6, 6.07) is 16.9. The van der Waals surface area contributed by atoms with Crippen molar-refractivity contribution < 1.29 is 23.7 Å². The maximum Gasteiger partial charge on any atom is 0.423 e. The maximum absolute atomic E-state index is 13.0. The van der Waals surface area contributed by atoms with Crippen LogP contribution in [0.4, 0.5) is 17.8 Å². The fraction of sp³-hybridized carbons (Fsp3) is 0.0625. The summed E-state index contributed by atoms with van der Waals surface area (Å²) in [6.45, 7) is 0. The first kappa shape index (κ1) is 19.4. The second-order valence-corrected chi connectivity index (χ2v) is 7.10. The van der Waals surface area contributed by atoms with Gasteiger partial charge in [0.15, 0.2) is 11.5 Å². The molecule has 0 saturated carbocycles. The summed E-state index contributed by atoms with van der Waals surface area (Å²) >= 11 is 0. The van der Waals surface area contributed by atoms with Gasteiger partial charge in [0.2, 0.25) is 17.8 Å². The van der Waals surface area contributed by atoms with E-state index in [4.69, 9.17) is 30.6 Å². The molecule has 0 saturated heterocycles. The first-order chi connectivity index (χ1) is 13.5. The monoisotopic (exact) mass is 404 g/mol. The molecule has 0 amide bonds. The third kappa shape index (κ3) is 5.81. The van der Waals surface area contributed by atoms with Gasteiger partial charge in [-0.15, -0.1) is 0 Å². The van der Waals surface area contributed by atoms with Crippen molar-refractivity contribution in [1.29, 1.82) is 0 Å². The minimum atomic E-state index is -3.98. The third-order valence-corrected chi connectivity index (χ3v) is 4.23. The van der Waals surface area contributed by atoms with Crippen molar-refractivity contribution >= 4 is 25.4 Å². The van der Waals surface area contributed by atoms with E-state index in [1.807, 2.05) is 0 Å². The molecule has 0 unspecified atom stereocenters. The Labute approximate surface area is 160 Å². The van der Waals surface area contributed by atoms with Crippen molar-refractivity contribution in [3.8, 4) is 11.5 Å². The molecule has 0 aliphatic heterocycles. The Bertz CT molecular complexity index is 879. The van der Waals surface area contributed by atoms with E-state index in [0.29, 0.717) is 11.5 Å². The third-order valence-electron chi connectivity index (χ3n) is 3.08. The number of nitrogen functional groups attached to an aromatic ring is 2. The second-order valence-electron chi connectivity index (χ2n) is 5.26. The molecule has 1 heterocycles. The molecule has 0 bridgehead atoms. The van der Waals surface area contributed by atoms with E-state index in [2.05, 4.69) is 20.3 Å². The average Bonchev–Trinajstić information content (AvgIpc) is 2.70. The molecule has 146 valence electrons. The van der Waals surface area contributed by atoms with Crippen LogP contribution in [0.1, 0.15) is 0 Å². The fourth-order valence-corrected chi connectivity index (χ4v) is 2.74. The van der Waals surface area contributed by atoms with Crippen molar-refractivity contribution in [2.75, 3.05) is 23.1 Å². The molecule has 2 aromatic carbocycles. The van der Waals surface area contributed by atoms with Crippen LogP contribution in [-0.4, -0.2) is 21.2 Å². The average molecular weight is 404 g/mol. The summed E-state index contributed by atoms with van der Waals surface area (Å²) in [5.74, 6) is 0.414. The molecule has 0 aliphatic carbocycles. The van der Waals surface area contributed by atoms with Gasteiger partial charge in [-0.25, -0.2) is 0 Å². The molecular formula is C16H17N6O5P. The zero-order valence-electron chi connectivity index (χ0n) is 14.5. The number of nitrogens with one attached hydrogen (secondary N) is 1. The molecule has 5 N–H and O–H groups in total. The van der Waals surface area contributed by atoms with Gasteiger partial charge in [0.1, 0.15) is 6.29 Å². The molecule has 12 heteroatoms. The second kappa shape index (κ2) is 9.00. The molecule has 11 nitrogen and oxygen atoms in total. The van der Waals surface area contributed by atoms with E-state index in [-0.39, 0.29) is 17.8 Å². The van der Waals surface area contributed by atoms with E-state index in [1.165, 1.54) is 0 Å². The lowest BCUT2D eigenvalue weighted by Gasteiger charge is -2.17. The SMILES string of the molecule is Nc1nc(N)nc(NCP(=O)(OOc2ccccc2)OOc2ccccc2)n1. The minimum absolute atomic E-state index is 0.0168.